The maximum absolute atomic E-state index is 11.2. The summed E-state index contributed by atoms with van der Waals surface area (Å²) in [5, 5.41) is 29.4. The van der Waals surface area contributed by atoms with Crippen LogP contribution < -0.4 is 4.90 Å². The Bertz CT molecular complexity index is 987. The predicted molar refractivity (Wildman–Crippen MR) is 102 cm³/mol. The largest absolute Gasteiger partial charge is 0.673 e. The first-order chi connectivity index (χ1) is 13.5. The second-order valence-electron chi connectivity index (χ2n) is 5.71. The van der Waals surface area contributed by atoms with E-state index in [0.717, 1.165) is 17.3 Å². The summed E-state index contributed by atoms with van der Waals surface area (Å²) in [6.45, 7) is 0. The summed E-state index contributed by atoms with van der Waals surface area (Å²) in [4.78, 5) is 15.5. The zero-order valence-corrected chi connectivity index (χ0v) is 15.3. The molecule has 0 saturated carbocycles. The molecule has 0 saturated heterocycles. The van der Waals surface area contributed by atoms with Crippen LogP contribution in [0.5, 0.6) is 0 Å². The lowest BCUT2D eigenvalue weighted by Gasteiger charge is -2.11. The summed E-state index contributed by atoms with van der Waals surface area (Å²) in [7, 11) is -2.16. The summed E-state index contributed by atoms with van der Waals surface area (Å²) in [5.74, 6) is 0. The number of hydrogen-bond donors (Lipinski definition) is 0. The van der Waals surface area contributed by atoms with Crippen LogP contribution in [0.2, 0.25) is 0 Å². The standard InChI is InChI=1S/C17H14N5O2.BF4/c1-21(2)15-6-3-12(4-7-15)9-13(11-18)16-8-5-14(20-19)10-17(16)22(23)24;2-1(3,4)5/h3-10H,1-2H3;/q+1;-1/b13-9-;. The third-order valence-electron chi connectivity index (χ3n) is 3.42. The van der Waals surface area contributed by atoms with Crippen LogP contribution in [0.4, 0.5) is 34.3 Å². The van der Waals surface area contributed by atoms with Gasteiger partial charge in [0.1, 0.15) is 12.1 Å². The first kappa shape index (κ1) is 23.1. The highest BCUT2D eigenvalue weighted by atomic mass is 19.5. The number of halogens is 4. The van der Waals surface area contributed by atoms with E-state index in [1.54, 1.807) is 6.08 Å². The maximum Gasteiger partial charge on any atom is 0.673 e. The number of nitro groups is 1. The summed E-state index contributed by atoms with van der Waals surface area (Å²) >= 11 is 0. The molecule has 0 aromatic heterocycles. The van der Waals surface area contributed by atoms with Gasteiger partial charge in [-0.15, -0.1) is 0 Å². The minimum atomic E-state index is -6.00. The molecule has 0 fully saturated rings. The first-order valence-electron chi connectivity index (χ1n) is 7.86. The highest BCUT2D eigenvalue weighted by Gasteiger charge is 2.22. The highest BCUT2D eigenvalue weighted by Crippen LogP contribution is 2.31. The van der Waals surface area contributed by atoms with Crippen molar-refractivity contribution < 1.29 is 22.2 Å². The van der Waals surface area contributed by atoms with E-state index in [-0.39, 0.29) is 22.5 Å². The van der Waals surface area contributed by atoms with Gasteiger partial charge in [0, 0.05) is 25.8 Å². The minimum Gasteiger partial charge on any atom is -0.418 e. The molecule has 7 nitrogen and oxygen atoms in total. The Morgan fingerprint density at radius 1 is 1.17 bits per heavy atom. The minimum absolute atomic E-state index is 0.0538. The van der Waals surface area contributed by atoms with Gasteiger partial charge >= 0.3 is 12.9 Å². The fourth-order valence-electron chi connectivity index (χ4n) is 2.17. The van der Waals surface area contributed by atoms with Gasteiger partial charge in [-0.1, -0.05) is 12.1 Å². The topological polar surface area (TPSA) is 98.3 Å². The number of nitro benzene ring substituents is 1. The van der Waals surface area contributed by atoms with Gasteiger partial charge in [0.2, 0.25) is 5.39 Å². The zero-order chi connectivity index (χ0) is 22.2. The molecule has 29 heavy (non-hydrogen) atoms. The van der Waals surface area contributed by atoms with Crippen LogP contribution in [0, 0.1) is 26.8 Å². The van der Waals surface area contributed by atoms with Crippen LogP contribution >= 0.6 is 0 Å². The van der Waals surface area contributed by atoms with Gasteiger partial charge in [-0.3, -0.25) is 10.1 Å². The van der Waals surface area contributed by atoms with Crippen molar-refractivity contribution in [1.29, 1.82) is 10.7 Å². The highest BCUT2D eigenvalue weighted by molar-refractivity contribution is 6.50. The van der Waals surface area contributed by atoms with Crippen molar-refractivity contribution >= 4 is 36.0 Å². The molecular formula is C17H14BF4N5O2. The average Bonchev–Trinajstić information content (AvgIpc) is 2.64. The second kappa shape index (κ2) is 9.85. The summed E-state index contributed by atoms with van der Waals surface area (Å²) in [6.07, 6.45) is 1.58. The number of diazo groups is 1. The van der Waals surface area contributed by atoms with Crippen molar-refractivity contribution in [2.75, 3.05) is 19.0 Å². The second-order valence-corrected chi connectivity index (χ2v) is 5.71. The van der Waals surface area contributed by atoms with E-state index in [4.69, 9.17) is 5.39 Å². The van der Waals surface area contributed by atoms with Crippen molar-refractivity contribution in [2.45, 2.75) is 0 Å². The lowest BCUT2D eigenvalue weighted by atomic mass is 10.0. The van der Waals surface area contributed by atoms with Gasteiger partial charge in [0.25, 0.3) is 5.69 Å². The van der Waals surface area contributed by atoms with Gasteiger partial charge in [0.05, 0.1) is 16.1 Å². The number of hydrogen-bond acceptors (Lipinski definition) is 5. The van der Waals surface area contributed by atoms with E-state index >= 15 is 0 Å². The van der Waals surface area contributed by atoms with E-state index < -0.39 is 12.2 Å². The molecule has 12 heteroatoms. The molecule has 2 aromatic carbocycles. The van der Waals surface area contributed by atoms with Crippen LogP contribution in [0.1, 0.15) is 11.1 Å². The number of anilines is 1. The van der Waals surface area contributed by atoms with Crippen molar-refractivity contribution in [1.82, 2.24) is 0 Å². The Morgan fingerprint density at radius 2 is 1.72 bits per heavy atom. The van der Waals surface area contributed by atoms with Gasteiger partial charge in [-0.05, 0) is 29.8 Å². The molecule has 0 atom stereocenters. The number of allylic oxidation sites excluding steroid dienone is 1. The fraction of sp³-hybridized carbons (Fsp3) is 0.118. The molecule has 0 bridgehead atoms. The van der Waals surface area contributed by atoms with Crippen LogP contribution in [-0.2, 0) is 0 Å². The van der Waals surface area contributed by atoms with E-state index in [2.05, 4.69) is 4.98 Å². The van der Waals surface area contributed by atoms with Crippen molar-refractivity contribution in [2.24, 2.45) is 0 Å². The summed E-state index contributed by atoms with van der Waals surface area (Å²) < 4.78 is 39.0. The lowest BCUT2D eigenvalue weighted by molar-refractivity contribution is -0.385. The SMILES string of the molecule is CN(C)c1ccc(/C=C(/C#N)c2ccc([N+]#N)cc2[N+](=O)[O-])cc1.F[B-](F)(F)F. The molecule has 0 amide bonds. The predicted octanol–water partition coefficient (Wildman–Crippen LogP) is 5.51. The molecule has 0 radical (unpaired) electrons. The van der Waals surface area contributed by atoms with Crippen molar-refractivity contribution in [3.8, 4) is 6.07 Å². The molecule has 0 aliphatic carbocycles. The number of benzene rings is 2. The average molecular weight is 407 g/mol. The van der Waals surface area contributed by atoms with Crippen LogP contribution in [0.3, 0.4) is 0 Å². The quantitative estimate of drug-likeness (QED) is 0.127. The molecule has 0 spiro atoms. The Hall–Kier alpha value is -3.93. The third-order valence-corrected chi connectivity index (χ3v) is 3.42. The molecule has 2 rings (SSSR count). The fourth-order valence-corrected chi connectivity index (χ4v) is 2.17. The van der Waals surface area contributed by atoms with E-state index in [9.17, 15) is 32.6 Å². The van der Waals surface area contributed by atoms with E-state index in [1.165, 1.54) is 12.1 Å². The molecule has 0 aliphatic heterocycles. The molecular weight excluding hydrogens is 393 g/mol. The van der Waals surface area contributed by atoms with Crippen LogP contribution in [-0.4, -0.2) is 26.3 Å². The van der Waals surface area contributed by atoms with E-state index in [0.29, 0.717) is 0 Å². The van der Waals surface area contributed by atoms with Crippen molar-refractivity contribution in [3.05, 3.63) is 68.7 Å². The molecule has 150 valence electrons. The maximum atomic E-state index is 11.2. The Labute approximate surface area is 163 Å². The van der Waals surface area contributed by atoms with Gasteiger partial charge < -0.3 is 22.2 Å². The molecule has 0 aliphatic rings. The Kier molecular flexibility index (Phi) is 7.85. The first-order valence-corrected chi connectivity index (χ1v) is 7.86. The third kappa shape index (κ3) is 7.68. The van der Waals surface area contributed by atoms with E-state index in [1.807, 2.05) is 49.3 Å². The number of rotatable bonds is 4. The van der Waals surface area contributed by atoms with Gasteiger partial charge in [-0.2, -0.15) is 5.26 Å². The van der Waals surface area contributed by atoms with Gasteiger partial charge in [0.15, 0.2) is 4.98 Å². The summed E-state index contributed by atoms with van der Waals surface area (Å²) in [5.41, 5.74) is 1.85. The molecule has 0 heterocycles. The molecule has 2 aromatic rings. The molecule has 0 N–H and O–H groups in total. The Morgan fingerprint density at radius 3 is 2.14 bits per heavy atom. The zero-order valence-electron chi connectivity index (χ0n) is 15.3. The van der Waals surface area contributed by atoms with Crippen LogP contribution in [0.25, 0.3) is 16.6 Å². The normalized spacial score (nSPS) is 10.8. The number of nitriles is 1. The van der Waals surface area contributed by atoms with Crippen molar-refractivity contribution in [3.63, 3.8) is 0 Å². The number of nitrogens with zero attached hydrogens (tertiary/aromatic N) is 5. The lowest BCUT2D eigenvalue weighted by Crippen LogP contribution is -2.07. The van der Waals surface area contributed by atoms with Crippen LogP contribution in [0.15, 0.2) is 42.5 Å². The van der Waals surface area contributed by atoms with Gasteiger partial charge in [-0.25, -0.2) is 0 Å². The smallest absolute Gasteiger partial charge is 0.418 e. The monoisotopic (exact) mass is 407 g/mol. The summed E-state index contributed by atoms with van der Waals surface area (Å²) in [6, 6.07) is 13.4. The molecule has 0 unspecified atom stereocenters. The Balaban J connectivity index is 0.000000749.